The van der Waals surface area contributed by atoms with Crippen molar-refractivity contribution >= 4 is 15.9 Å². The standard InChI is InChI=1S/C13H17BrO2/c1-9-4-3-5-10-11(14)6-7-12(13(9)10)16-8-15-2/h6-7,9H,3-5,8H2,1-2H3. The van der Waals surface area contributed by atoms with Crippen molar-refractivity contribution in [3.63, 3.8) is 0 Å². The lowest BCUT2D eigenvalue weighted by molar-refractivity contribution is 0.0500. The van der Waals surface area contributed by atoms with Gasteiger partial charge in [0.2, 0.25) is 0 Å². The van der Waals surface area contributed by atoms with Gasteiger partial charge in [-0.1, -0.05) is 22.9 Å². The molecular formula is C13H17BrO2. The van der Waals surface area contributed by atoms with Gasteiger partial charge < -0.3 is 9.47 Å². The Kier molecular flexibility index (Phi) is 3.87. The molecule has 0 amide bonds. The van der Waals surface area contributed by atoms with Gasteiger partial charge in [0.1, 0.15) is 5.75 Å². The van der Waals surface area contributed by atoms with E-state index >= 15 is 0 Å². The van der Waals surface area contributed by atoms with Crippen molar-refractivity contribution in [1.29, 1.82) is 0 Å². The largest absolute Gasteiger partial charge is 0.467 e. The second kappa shape index (κ2) is 5.19. The van der Waals surface area contributed by atoms with E-state index in [1.165, 1.54) is 28.4 Å². The molecule has 0 bridgehead atoms. The fourth-order valence-electron chi connectivity index (χ4n) is 2.39. The van der Waals surface area contributed by atoms with Crippen LogP contribution in [0.25, 0.3) is 0 Å². The van der Waals surface area contributed by atoms with Crippen molar-refractivity contribution in [3.8, 4) is 5.75 Å². The number of ether oxygens (including phenoxy) is 2. The number of hydrogen-bond donors (Lipinski definition) is 0. The number of methoxy groups -OCH3 is 1. The zero-order valence-electron chi connectivity index (χ0n) is 9.75. The second-order valence-corrected chi connectivity index (χ2v) is 5.14. The highest BCUT2D eigenvalue weighted by atomic mass is 79.9. The van der Waals surface area contributed by atoms with Crippen LogP contribution in [0, 0.1) is 0 Å². The third-order valence-electron chi connectivity index (χ3n) is 3.15. The van der Waals surface area contributed by atoms with E-state index in [1.807, 2.05) is 6.07 Å². The molecule has 0 aromatic heterocycles. The van der Waals surface area contributed by atoms with E-state index in [-0.39, 0.29) is 0 Å². The van der Waals surface area contributed by atoms with Crippen LogP contribution in [0.15, 0.2) is 16.6 Å². The molecule has 1 aromatic rings. The maximum absolute atomic E-state index is 5.64. The quantitative estimate of drug-likeness (QED) is 0.785. The van der Waals surface area contributed by atoms with Crippen LogP contribution in [-0.4, -0.2) is 13.9 Å². The van der Waals surface area contributed by atoms with Gasteiger partial charge in [-0.3, -0.25) is 0 Å². The number of halogens is 1. The normalized spacial score (nSPS) is 19.3. The Labute approximate surface area is 105 Å². The molecule has 1 aliphatic rings. The van der Waals surface area contributed by atoms with Gasteiger partial charge in [-0.25, -0.2) is 0 Å². The Morgan fingerprint density at radius 2 is 2.25 bits per heavy atom. The van der Waals surface area contributed by atoms with Crippen molar-refractivity contribution in [1.82, 2.24) is 0 Å². The van der Waals surface area contributed by atoms with Gasteiger partial charge in [0.25, 0.3) is 0 Å². The molecule has 1 aromatic carbocycles. The van der Waals surface area contributed by atoms with Gasteiger partial charge >= 0.3 is 0 Å². The summed E-state index contributed by atoms with van der Waals surface area (Å²) in [4.78, 5) is 0. The number of hydrogen-bond acceptors (Lipinski definition) is 2. The summed E-state index contributed by atoms with van der Waals surface area (Å²) in [5, 5.41) is 0. The molecule has 2 rings (SSSR count). The minimum absolute atomic E-state index is 0.320. The summed E-state index contributed by atoms with van der Waals surface area (Å²) < 4.78 is 11.8. The van der Waals surface area contributed by atoms with Crippen LogP contribution in [0.2, 0.25) is 0 Å². The molecule has 0 N–H and O–H groups in total. The maximum atomic E-state index is 5.64. The highest BCUT2D eigenvalue weighted by Crippen LogP contribution is 2.41. The Morgan fingerprint density at radius 3 is 3.00 bits per heavy atom. The number of rotatable bonds is 3. The molecule has 0 saturated heterocycles. The predicted octanol–water partition coefficient (Wildman–Crippen LogP) is 3.87. The summed E-state index contributed by atoms with van der Waals surface area (Å²) in [5.74, 6) is 1.56. The van der Waals surface area contributed by atoms with E-state index in [2.05, 4.69) is 28.9 Å². The summed E-state index contributed by atoms with van der Waals surface area (Å²) in [6, 6.07) is 4.10. The molecule has 0 spiro atoms. The zero-order chi connectivity index (χ0) is 11.5. The third kappa shape index (κ3) is 2.25. The van der Waals surface area contributed by atoms with Gasteiger partial charge in [0.15, 0.2) is 6.79 Å². The number of fused-ring (bicyclic) bond motifs is 1. The Morgan fingerprint density at radius 1 is 1.44 bits per heavy atom. The molecule has 1 aliphatic carbocycles. The van der Waals surface area contributed by atoms with Gasteiger partial charge in [-0.15, -0.1) is 0 Å². The molecule has 16 heavy (non-hydrogen) atoms. The highest BCUT2D eigenvalue weighted by Gasteiger charge is 2.22. The average molecular weight is 285 g/mol. The first kappa shape index (κ1) is 11.9. The first-order valence-electron chi connectivity index (χ1n) is 5.67. The SMILES string of the molecule is COCOc1ccc(Br)c2c1C(C)CCC2. The summed E-state index contributed by atoms with van der Waals surface area (Å²) in [6.07, 6.45) is 3.65. The predicted molar refractivity (Wildman–Crippen MR) is 68.0 cm³/mol. The van der Waals surface area contributed by atoms with Gasteiger partial charge in [0.05, 0.1) is 0 Å². The molecule has 0 aliphatic heterocycles. The minimum atomic E-state index is 0.320. The Hall–Kier alpha value is -0.540. The first-order valence-corrected chi connectivity index (χ1v) is 6.46. The number of benzene rings is 1. The second-order valence-electron chi connectivity index (χ2n) is 4.28. The van der Waals surface area contributed by atoms with E-state index in [4.69, 9.17) is 9.47 Å². The fraction of sp³-hybridized carbons (Fsp3) is 0.538. The van der Waals surface area contributed by atoms with Gasteiger partial charge in [-0.2, -0.15) is 0 Å². The smallest absolute Gasteiger partial charge is 0.188 e. The van der Waals surface area contributed by atoms with Crippen LogP contribution in [-0.2, 0) is 11.2 Å². The van der Waals surface area contributed by atoms with Crippen molar-refractivity contribution in [2.75, 3.05) is 13.9 Å². The van der Waals surface area contributed by atoms with Crippen molar-refractivity contribution < 1.29 is 9.47 Å². The molecule has 0 heterocycles. The molecule has 88 valence electrons. The first-order chi connectivity index (χ1) is 7.74. The van der Waals surface area contributed by atoms with Crippen LogP contribution in [0.1, 0.15) is 36.8 Å². The van der Waals surface area contributed by atoms with Crippen molar-refractivity contribution in [2.24, 2.45) is 0 Å². The van der Waals surface area contributed by atoms with Gasteiger partial charge in [-0.05, 0) is 42.9 Å². The third-order valence-corrected chi connectivity index (χ3v) is 3.89. The van der Waals surface area contributed by atoms with E-state index in [9.17, 15) is 0 Å². The molecule has 2 nitrogen and oxygen atoms in total. The van der Waals surface area contributed by atoms with E-state index < -0.39 is 0 Å². The highest BCUT2D eigenvalue weighted by molar-refractivity contribution is 9.10. The maximum Gasteiger partial charge on any atom is 0.188 e. The Balaban J connectivity index is 2.38. The van der Waals surface area contributed by atoms with Crippen LogP contribution < -0.4 is 4.74 Å². The molecule has 1 unspecified atom stereocenters. The lowest BCUT2D eigenvalue weighted by atomic mass is 9.83. The summed E-state index contributed by atoms with van der Waals surface area (Å²) in [7, 11) is 1.65. The lowest BCUT2D eigenvalue weighted by Gasteiger charge is -2.26. The average Bonchev–Trinajstić information content (AvgIpc) is 2.29. The molecule has 0 fully saturated rings. The molecule has 1 atom stereocenters. The zero-order valence-corrected chi connectivity index (χ0v) is 11.3. The van der Waals surface area contributed by atoms with Crippen LogP contribution >= 0.6 is 15.9 Å². The Bertz CT molecular complexity index is 376. The van der Waals surface area contributed by atoms with E-state index in [1.54, 1.807) is 7.11 Å². The van der Waals surface area contributed by atoms with Crippen LogP contribution in [0.5, 0.6) is 5.75 Å². The summed E-state index contributed by atoms with van der Waals surface area (Å²) in [5.41, 5.74) is 2.77. The molecule has 0 radical (unpaired) electrons. The van der Waals surface area contributed by atoms with Crippen molar-refractivity contribution in [3.05, 3.63) is 27.7 Å². The monoisotopic (exact) mass is 284 g/mol. The topological polar surface area (TPSA) is 18.5 Å². The summed E-state index contributed by atoms with van der Waals surface area (Å²) in [6.45, 7) is 2.59. The molecule has 3 heteroatoms. The van der Waals surface area contributed by atoms with Crippen molar-refractivity contribution in [2.45, 2.75) is 32.1 Å². The molecule has 0 saturated carbocycles. The van der Waals surface area contributed by atoms with E-state index in [0.717, 1.165) is 12.2 Å². The minimum Gasteiger partial charge on any atom is -0.467 e. The fourth-order valence-corrected chi connectivity index (χ4v) is 2.93. The van der Waals surface area contributed by atoms with Crippen LogP contribution in [0.4, 0.5) is 0 Å². The van der Waals surface area contributed by atoms with E-state index in [0.29, 0.717) is 12.7 Å². The van der Waals surface area contributed by atoms with Crippen LogP contribution in [0.3, 0.4) is 0 Å². The van der Waals surface area contributed by atoms with Gasteiger partial charge in [0, 0.05) is 17.1 Å². The molecular weight excluding hydrogens is 268 g/mol. The lowest BCUT2D eigenvalue weighted by Crippen LogP contribution is -2.11. The summed E-state index contributed by atoms with van der Waals surface area (Å²) >= 11 is 3.63.